The van der Waals surface area contributed by atoms with Gasteiger partial charge in [0.2, 0.25) is 0 Å². The molecular formula is C10H9FO4. The second-order valence-corrected chi connectivity index (χ2v) is 3.25. The van der Waals surface area contributed by atoms with Gasteiger partial charge in [0.1, 0.15) is 0 Å². The average molecular weight is 212 g/mol. The topological polar surface area (TPSA) is 55.8 Å². The predicted octanol–water partition coefficient (Wildman–Crippen LogP) is 1.55. The zero-order chi connectivity index (χ0) is 10.9. The van der Waals surface area contributed by atoms with E-state index in [0.717, 1.165) is 0 Å². The molecule has 0 spiro atoms. The van der Waals surface area contributed by atoms with Crippen molar-refractivity contribution in [2.24, 2.45) is 0 Å². The van der Waals surface area contributed by atoms with Gasteiger partial charge in [0, 0.05) is 0 Å². The minimum atomic E-state index is -2.04. The molecule has 0 aromatic heterocycles. The fraction of sp³-hybridized carbons (Fsp3) is 0.300. The van der Waals surface area contributed by atoms with Gasteiger partial charge < -0.3 is 5.11 Å². The third-order valence-electron chi connectivity index (χ3n) is 2.17. The molecule has 2 rings (SSSR count). The Morgan fingerprint density at radius 1 is 1.40 bits per heavy atom. The van der Waals surface area contributed by atoms with Crippen LogP contribution in [0.25, 0.3) is 0 Å². The summed E-state index contributed by atoms with van der Waals surface area (Å²) in [5.41, 5.74) is 0.796. The minimum Gasteiger partial charge on any atom is -0.478 e. The van der Waals surface area contributed by atoms with Crippen molar-refractivity contribution in [2.75, 3.05) is 6.79 Å². The van der Waals surface area contributed by atoms with Crippen molar-refractivity contribution in [1.29, 1.82) is 0 Å². The SMILES string of the molecule is O=C(O)c1ccc(CC2(F)OCO2)cc1. The van der Waals surface area contributed by atoms with Gasteiger partial charge in [0.15, 0.2) is 6.79 Å². The number of alkyl halides is 1. The van der Waals surface area contributed by atoms with Crippen LogP contribution < -0.4 is 0 Å². The Hall–Kier alpha value is -1.46. The van der Waals surface area contributed by atoms with E-state index in [1.807, 2.05) is 0 Å². The first-order valence-corrected chi connectivity index (χ1v) is 4.38. The molecule has 1 aromatic rings. The predicted molar refractivity (Wildman–Crippen MR) is 48.0 cm³/mol. The van der Waals surface area contributed by atoms with Crippen molar-refractivity contribution < 1.29 is 23.8 Å². The van der Waals surface area contributed by atoms with Crippen LogP contribution in [0.1, 0.15) is 15.9 Å². The van der Waals surface area contributed by atoms with Gasteiger partial charge in [-0.15, -0.1) is 0 Å². The zero-order valence-electron chi connectivity index (χ0n) is 7.77. The lowest BCUT2D eigenvalue weighted by Gasteiger charge is -2.33. The number of carboxylic acids is 1. The van der Waals surface area contributed by atoms with Crippen LogP contribution in [-0.2, 0) is 15.9 Å². The lowest BCUT2D eigenvalue weighted by molar-refractivity contribution is -0.456. The molecule has 0 bridgehead atoms. The van der Waals surface area contributed by atoms with E-state index in [4.69, 9.17) is 5.11 Å². The van der Waals surface area contributed by atoms with Gasteiger partial charge in [-0.1, -0.05) is 12.1 Å². The largest absolute Gasteiger partial charge is 0.478 e. The maximum atomic E-state index is 13.3. The Balaban J connectivity index is 2.07. The van der Waals surface area contributed by atoms with E-state index in [1.54, 1.807) is 0 Å². The highest BCUT2D eigenvalue weighted by Crippen LogP contribution is 2.28. The molecule has 0 amide bonds. The average Bonchev–Trinajstić information content (AvgIpc) is 2.16. The van der Waals surface area contributed by atoms with Gasteiger partial charge >= 0.3 is 12.0 Å². The second-order valence-electron chi connectivity index (χ2n) is 3.25. The third kappa shape index (κ3) is 2.14. The summed E-state index contributed by atoms with van der Waals surface area (Å²) < 4.78 is 22.5. The number of carboxylic acid groups (broad SMARTS) is 1. The Labute approximate surface area is 85.2 Å². The Morgan fingerprint density at radius 3 is 2.40 bits per heavy atom. The normalized spacial score (nSPS) is 18.2. The summed E-state index contributed by atoms with van der Waals surface area (Å²) in [4.78, 5) is 10.5. The van der Waals surface area contributed by atoms with Crippen molar-refractivity contribution in [3.05, 3.63) is 35.4 Å². The minimum absolute atomic E-state index is 0.0348. The molecular weight excluding hydrogens is 203 g/mol. The molecule has 80 valence electrons. The molecule has 1 heterocycles. The van der Waals surface area contributed by atoms with Crippen molar-refractivity contribution in [3.8, 4) is 0 Å². The van der Waals surface area contributed by atoms with Gasteiger partial charge in [-0.25, -0.2) is 4.79 Å². The number of halogens is 1. The van der Waals surface area contributed by atoms with E-state index in [1.165, 1.54) is 24.3 Å². The molecule has 1 N–H and O–H groups in total. The molecule has 0 radical (unpaired) electrons. The molecule has 0 unspecified atom stereocenters. The molecule has 0 saturated carbocycles. The molecule has 1 aliphatic heterocycles. The summed E-state index contributed by atoms with van der Waals surface area (Å²) in [5.74, 6) is -1.01. The van der Waals surface area contributed by atoms with E-state index < -0.39 is 12.0 Å². The molecule has 5 heteroatoms. The lowest BCUT2D eigenvalue weighted by Crippen LogP contribution is -2.44. The van der Waals surface area contributed by atoms with Gasteiger partial charge in [-0.2, -0.15) is 4.39 Å². The highest BCUT2D eigenvalue weighted by atomic mass is 19.2. The maximum absolute atomic E-state index is 13.3. The monoisotopic (exact) mass is 212 g/mol. The highest BCUT2D eigenvalue weighted by Gasteiger charge is 2.40. The lowest BCUT2D eigenvalue weighted by atomic mass is 10.1. The fourth-order valence-corrected chi connectivity index (χ4v) is 1.30. The van der Waals surface area contributed by atoms with Crippen molar-refractivity contribution in [1.82, 2.24) is 0 Å². The molecule has 1 aromatic carbocycles. The van der Waals surface area contributed by atoms with Crippen molar-refractivity contribution in [2.45, 2.75) is 12.5 Å². The number of aromatic carboxylic acids is 1. The van der Waals surface area contributed by atoms with Crippen LogP contribution in [0.15, 0.2) is 24.3 Å². The van der Waals surface area contributed by atoms with E-state index in [9.17, 15) is 9.18 Å². The number of rotatable bonds is 3. The van der Waals surface area contributed by atoms with Crippen LogP contribution >= 0.6 is 0 Å². The highest BCUT2D eigenvalue weighted by molar-refractivity contribution is 5.87. The molecule has 0 aliphatic carbocycles. The van der Waals surface area contributed by atoms with E-state index >= 15 is 0 Å². The fourth-order valence-electron chi connectivity index (χ4n) is 1.30. The molecule has 0 atom stereocenters. The number of ether oxygens (including phenoxy) is 2. The standard InChI is InChI=1S/C10H9FO4/c11-10(14-6-15-10)5-7-1-3-8(4-2-7)9(12)13/h1-4H,5-6H2,(H,12,13). The number of benzene rings is 1. The summed E-state index contributed by atoms with van der Waals surface area (Å²) in [6.45, 7) is -0.0380. The second kappa shape index (κ2) is 3.60. The Morgan fingerprint density at radius 2 is 2.00 bits per heavy atom. The summed E-state index contributed by atoms with van der Waals surface area (Å²) in [5, 5.41) is 8.64. The van der Waals surface area contributed by atoms with Crippen LogP contribution in [0.5, 0.6) is 0 Å². The van der Waals surface area contributed by atoms with E-state index in [0.29, 0.717) is 5.56 Å². The first kappa shape index (κ1) is 10.1. The van der Waals surface area contributed by atoms with Crippen LogP contribution in [0.3, 0.4) is 0 Å². The third-order valence-corrected chi connectivity index (χ3v) is 2.17. The van der Waals surface area contributed by atoms with E-state index in [-0.39, 0.29) is 18.8 Å². The van der Waals surface area contributed by atoms with Crippen LogP contribution in [-0.4, -0.2) is 23.9 Å². The summed E-state index contributed by atoms with van der Waals surface area (Å²) in [6, 6.07) is 3.87. The zero-order valence-corrected chi connectivity index (χ0v) is 7.77. The van der Waals surface area contributed by atoms with Crippen LogP contribution in [0.4, 0.5) is 4.39 Å². The van der Waals surface area contributed by atoms with Crippen LogP contribution in [0.2, 0.25) is 0 Å². The summed E-state index contributed by atoms with van der Waals surface area (Å²) >= 11 is 0. The first-order chi connectivity index (χ1) is 7.09. The molecule has 1 aliphatic rings. The van der Waals surface area contributed by atoms with Crippen molar-refractivity contribution in [3.63, 3.8) is 0 Å². The van der Waals surface area contributed by atoms with Gasteiger partial charge in [0.25, 0.3) is 0 Å². The molecule has 15 heavy (non-hydrogen) atoms. The smallest absolute Gasteiger partial charge is 0.335 e. The number of carbonyl (C=O) groups is 1. The van der Waals surface area contributed by atoms with Crippen molar-refractivity contribution >= 4 is 5.97 Å². The summed E-state index contributed by atoms with van der Waals surface area (Å²) in [6.07, 6.45) is -0.0348. The maximum Gasteiger partial charge on any atom is 0.335 e. The molecule has 4 nitrogen and oxygen atoms in total. The quantitative estimate of drug-likeness (QED) is 0.825. The Kier molecular flexibility index (Phi) is 2.42. The molecule has 1 saturated heterocycles. The summed E-state index contributed by atoms with van der Waals surface area (Å²) in [7, 11) is 0. The van der Waals surface area contributed by atoms with Crippen LogP contribution in [0, 0.1) is 0 Å². The van der Waals surface area contributed by atoms with Gasteiger partial charge in [-0.05, 0) is 17.7 Å². The number of hydrogen-bond acceptors (Lipinski definition) is 3. The molecule has 1 fully saturated rings. The van der Waals surface area contributed by atoms with E-state index in [2.05, 4.69) is 9.47 Å². The van der Waals surface area contributed by atoms with Gasteiger partial charge in [0.05, 0.1) is 12.0 Å². The first-order valence-electron chi connectivity index (χ1n) is 4.38. The Bertz CT molecular complexity index is 370. The van der Waals surface area contributed by atoms with Gasteiger partial charge in [-0.3, -0.25) is 9.47 Å². The number of hydrogen-bond donors (Lipinski definition) is 1.